The van der Waals surface area contributed by atoms with E-state index in [4.69, 9.17) is 11.0 Å². The minimum atomic E-state index is -0.702. The van der Waals surface area contributed by atoms with Crippen LogP contribution in [0, 0.1) is 24.1 Å². The van der Waals surface area contributed by atoms with E-state index in [0.29, 0.717) is 0 Å². The van der Waals surface area contributed by atoms with E-state index < -0.39 is 5.54 Å². The zero-order valence-electron chi connectivity index (χ0n) is 8.34. The fraction of sp³-hybridized carbons (Fsp3) is 0.364. The van der Waals surface area contributed by atoms with Gasteiger partial charge in [-0.2, -0.15) is 5.26 Å². The lowest BCUT2D eigenvalue weighted by atomic mass is 9.87. The van der Waals surface area contributed by atoms with E-state index in [-0.39, 0.29) is 12.2 Å². The van der Waals surface area contributed by atoms with E-state index in [9.17, 15) is 4.39 Å². The van der Waals surface area contributed by atoms with Gasteiger partial charge in [-0.25, -0.2) is 4.39 Å². The molecule has 0 aliphatic heterocycles. The number of benzene rings is 1. The average molecular weight is 192 g/mol. The van der Waals surface area contributed by atoms with Crippen molar-refractivity contribution in [3.8, 4) is 6.07 Å². The van der Waals surface area contributed by atoms with Gasteiger partial charge >= 0.3 is 0 Å². The first-order valence-corrected chi connectivity index (χ1v) is 4.40. The van der Waals surface area contributed by atoms with Gasteiger partial charge in [0.1, 0.15) is 5.82 Å². The number of halogens is 1. The van der Waals surface area contributed by atoms with Crippen molar-refractivity contribution in [2.24, 2.45) is 5.73 Å². The van der Waals surface area contributed by atoms with E-state index in [0.717, 1.165) is 11.1 Å². The normalized spacial score (nSPS) is 14.5. The Labute approximate surface area is 83.2 Å². The molecule has 1 aromatic rings. The lowest BCUT2D eigenvalue weighted by molar-refractivity contribution is 0.502. The summed E-state index contributed by atoms with van der Waals surface area (Å²) in [5, 5.41) is 8.60. The minimum absolute atomic E-state index is 0.222. The van der Waals surface area contributed by atoms with Crippen LogP contribution in [0.3, 0.4) is 0 Å². The highest BCUT2D eigenvalue weighted by atomic mass is 19.1. The van der Waals surface area contributed by atoms with Crippen LogP contribution < -0.4 is 5.73 Å². The molecular weight excluding hydrogens is 179 g/mol. The number of aryl methyl sites for hydroxylation is 1. The lowest BCUT2D eigenvalue weighted by Gasteiger charge is -2.23. The Morgan fingerprint density at radius 3 is 2.71 bits per heavy atom. The predicted molar refractivity (Wildman–Crippen MR) is 52.9 cm³/mol. The second-order valence-electron chi connectivity index (χ2n) is 3.71. The molecule has 0 heterocycles. The summed E-state index contributed by atoms with van der Waals surface area (Å²) in [4.78, 5) is 0. The Kier molecular flexibility index (Phi) is 2.87. The smallest absolute Gasteiger partial charge is 0.123 e. The summed E-state index contributed by atoms with van der Waals surface area (Å²) in [6.07, 6.45) is 0.222. The summed E-state index contributed by atoms with van der Waals surface area (Å²) >= 11 is 0. The standard InChI is InChI=1S/C11H13FN2/c1-8-7-9(12)3-4-10(8)11(2,14)5-6-13/h3-4,7H,5,14H2,1-2H3/t11-/m1/s1. The molecule has 0 radical (unpaired) electrons. The molecule has 3 heteroatoms. The van der Waals surface area contributed by atoms with Crippen molar-refractivity contribution in [2.75, 3.05) is 0 Å². The molecular formula is C11H13FN2. The average Bonchev–Trinajstić information content (AvgIpc) is 2.02. The largest absolute Gasteiger partial charge is 0.321 e. The molecule has 0 aromatic heterocycles. The van der Waals surface area contributed by atoms with Crippen LogP contribution in [0.4, 0.5) is 4.39 Å². The number of hydrogen-bond donors (Lipinski definition) is 1. The Morgan fingerprint density at radius 2 is 2.21 bits per heavy atom. The van der Waals surface area contributed by atoms with Gasteiger partial charge in [0.05, 0.1) is 18.0 Å². The van der Waals surface area contributed by atoms with Gasteiger partial charge in [-0.3, -0.25) is 0 Å². The maximum atomic E-state index is 12.8. The second-order valence-corrected chi connectivity index (χ2v) is 3.71. The maximum absolute atomic E-state index is 12.8. The first kappa shape index (κ1) is 10.7. The van der Waals surface area contributed by atoms with Crippen LogP contribution in [0.5, 0.6) is 0 Å². The van der Waals surface area contributed by atoms with Gasteiger partial charge in [0.25, 0.3) is 0 Å². The van der Waals surface area contributed by atoms with Crippen LogP contribution >= 0.6 is 0 Å². The van der Waals surface area contributed by atoms with Gasteiger partial charge in [-0.05, 0) is 37.1 Å². The van der Waals surface area contributed by atoms with Crippen molar-refractivity contribution in [1.82, 2.24) is 0 Å². The second kappa shape index (κ2) is 3.77. The quantitative estimate of drug-likeness (QED) is 0.781. The van der Waals surface area contributed by atoms with E-state index in [1.807, 2.05) is 6.07 Å². The van der Waals surface area contributed by atoms with Gasteiger partial charge < -0.3 is 5.73 Å². The van der Waals surface area contributed by atoms with Crippen LogP contribution in [-0.2, 0) is 5.54 Å². The van der Waals surface area contributed by atoms with Crippen molar-refractivity contribution < 1.29 is 4.39 Å². The van der Waals surface area contributed by atoms with Crippen molar-refractivity contribution in [2.45, 2.75) is 25.8 Å². The molecule has 2 nitrogen and oxygen atoms in total. The van der Waals surface area contributed by atoms with Gasteiger partial charge in [-0.15, -0.1) is 0 Å². The molecule has 14 heavy (non-hydrogen) atoms. The molecule has 0 saturated heterocycles. The zero-order valence-corrected chi connectivity index (χ0v) is 8.34. The van der Waals surface area contributed by atoms with Crippen molar-refractivity contribution in [1.29, 1.82) is 5.26 Å². The molecule has 74 valence electrons. The first-order valence-electron chi connectivity index (χ1n) is 4.40. The van der Waals surface area contributed by atoms with Gasteiger partial charge in [0.2, 0.25) is 0 Å². The number of hydrogen-bond acceptors (Lipinski definition) is 2. The van der Waals surface area contributed by atoms with Crippen molar-refractivity contribution >= 4 is 0 Å². The molecule has 1 atom stereocenters. The Hall–Kier alpha value is -1.40. The number of nitriles is 1. The fourth-order valence-electron chi connectivity index (χ4n) is 1.53. The molecule has 0 unspecified atom stereocenters. The van der Waals surface area contributed by atoms with Crippen LogP contribution in [0.1, 0.15) is 24.5 Å². The van der Waals surface area contributed by atoms with E-state index in [2.05, 4.69) is 0 Å². The number of nitrogens with two attached hydrogens (primary N) is 1. The predicted octanol–water partition coefficient (Wildman–Crippen LogP) is 2.22. The first-order chi connectivity index (χ1) is 6.47. The molecule has 0 amide bonds. The molecule has 1 rings (SSSR count). The zero-order chi connectivity index (χ0) is 10.8. The Balaban J connectivity index is 3.14. The SMILES string of the molecule is Cc1cc(F)ccc1[C@](C)(N)CC#N. The molecule has 0 spiro atoms. The van der Waals surface area contributed by atoms with E-state index in [1.165, 1.54) is 12.1 Å². The number of rotatable bonds is 2. The topological polar surface area (TPSA) is 49.8 Å². The monoisotopic (exact) mass is 192 g/mol. The van der Waals surface area contributed by atoms with E-state index in [1.54, 1.807) is 19.9 Å². The Morgan fingerprint density at radius 1 is 1.57 bits per heavy atom. The van der Waals surface area contributed by atoms with Crippen LogP contribution in [0.25, 0.3) is 0 Å². The maximum Gasteiger partial charge on any atom is 0.123 e. The van der Waals surface area contributed by atoms with Crippen molar-refractivity contribution in [3.63, 3.8) is 0 Å². The third-order valence-corrected chi connectivity index (χ3v) is 2.25. The fourth-order valence-corrected chi connectivity index (χ4v) is 1.53. The molecule has 0 aliphatic rings. The lowest BCUT2D eigenvalue weighted by Crippen LogP contribution is -2.33. The molecule has 2 N–H and O–H groups in total. The summed E-state index contributed by atoms with van der Waals surface area (Å²) in [5.74, 6) is -0.279. The number of nitrogens with zero attached hydrogens (tertiary/aromatic N) is 1. The van der Waals surface area contributed by atoms with Gasteiger partial charge in [0.15, 0.2) is 0 Å². The summed E-state index contributed by atoms with van der Waals surface area (Å²) in [6, 6.07) is 6.46. The van der Waals surface area contributed by atoms with E-state index >= 15 is 0 Å². The third kappa shape index (κ3) is 2.09. The highest BCUT2D eigenvalue weighted by Crippen LogP contribution is 2.24. The summed E-state index contributed by atoms with van der Waals surface area (Å²) in [7, 11) is 0. The summed E-state index contributed by atoms with van der Waals surface area (Å²) < 4.78 is 12.8. The highest BCUT2D eigenvalue weighted by molar-refractivity contribution is 5.33. The van der Waals surface area contributed by atoms with Crippen LogP contribution in [-0.4, -0.2) is 0 Å². The summed E-state index contributed by atoms with van der Waals surface area (Å²) in [6.45, 7) is 3.57. The third-order valence-electron chi connectivity index (χ3n) is 2.25. The molecule has 1 aromatic carbocycles. The van der Waals surface area contributed by atoms with Gasteiger partial charge in [-0.1, -0.05) is 6.07 Å². The van der Waals surface area contributed by atoms with Gasteiger partial charge in [0, 0.05) is 0 Å². The molecule has 0 bridgehead atoms. The summed E-state index contributed by atoms with van der Waals surface area (Å²) in [5.41, 5.74) is 6.86. The molecule has 0 fully saturated rings. The molecule has 0 saturated carbocycles. The van der Waals surface area contributed by atoms with Crippen LogP contribution in [0.2, 0.25) is 0 Å². The highest BCUT2D eigenvalue weighted by Gasteiger charge is 2.22. The van der Waals surface area contributed by atoms with Crippen LogP contribution in [0.15, 0.2) is 18.2 Å². The Bertz CT molecular complexity index is 377. The molecule has 0 aliphatic carbocycles. The minimum Gasteiger partial charge on any atom is -0.321 e. The van der Waals surface area contributed by atoms with Crippen molar-refractivity contribution in [3.05, 3.63) is 35.1 Å².